The highest BCUT2D eigenvalue weighted by atomic mass is 35.5. The zero-order valence-corrected chi connectivity index (χ0v) is 14.5. The number of hydrogen-bond donors (Lipinski definition) is 1. The zero-order valence-electron chi connectivity index (χ0n) is 13.7. The molecule has 1 amide bonds. The molecule has 0 saturated heterocycles. The topological polar surface area (TPSA) is 51.1 Å². The van der Waals surface area contributed by atoms with Gasteiger partial charge in [-0.15, -0.1) is 0 Å². The summed E-state index contributed by atoms with van der Waals surface area (Å²) in [4.78, 5) is 25.3. The molecule has 0 atom stereocenters. The third kappa shape index (κ3) is 2.98. The number of para-hydroxylation sites is 1. The molecule has 4 rings (SSSR count). The van der Waals surface area contributed by atoms with Gasteiger partial charge in [-0.1, -0.05) is 23.7 Å². The molecule has 0 unspecified atom stereocenters. The molecule has 0 bridgehead atoms. The van der Waals surface area contributed by atoms with Gasteiger partial charge in [-0.3, -0.25) is 9.59 Å². The molecular formula is C19H12ClF3N2O2. The van der Waals surface area contributed by atoms with E-state index in [0.717, 1.165) is 35.7 Å². The normalized spacial score (nSPS) is 13.2. The third-order valence-corrected chi connectivity index (χ3v) is 4.92. The number of halogens is 4. The second-order valence-corrected chi connectivity index (χ2v) is 6.68. The number of nitrogens with zero attached hydrogens (tertiary/aromatic N) is 1. The van der Waals surface area contributed by atoms with Gasteiger partial charge in [0.2, 0.25) is 5.43 Å². The summed E-state index contributed by atoms with van der Waals surface area (Å²) in [6.07, 6.45) is -2.38. The van der Waals surface area contributed by atoms with Gasteiger partial charge >= 0.3 is 6.18 Å². The Labute approximate surface area is 156 Å². The summed E-state index contributed by atoms with van der Waals surface area (Å²) >= 11 is 5.91. The SMILES string of the molecule is O=C(Nc1cc(C(F)(F)F)ccc1Cl)c1cn2c3c(cccc3c1=O)CC2. The Morgan fingerprint density at radius 2 is 1.96 bits per heavy atom. The van der Waals surface area contributed by atoms with Gasteiger partial charge in [0.1, 0.15) is 5.56 Å². The lowest BCUT2D eigenvalue weighted by molar-refractivity contribution is -0.137. The number of aryl methyl sites for hydroxylation is 2. The van der Waals surface area contributed by atoms with E-state index in [2.05, 4.69) is 5.32 Å². The summed E-state index contributed by atoms with van der Waals surface area (Å²) in [5, 5.41) is 2.69. The summed E-state index contributed by atoms with van der Waals surface area (Å²) in [5.74, 6) is -0.802. The van der Waals surface area contributed by atoms with Crippen LogP contribution in [-0.4, -0.2) is 10.5 Å². The van der Waals surface area contributed by atoms with E-state index in [1.165, 1.54) is 6.20 Å². The maximum absolute atomic E-state index is 12.9. The average Bonchev–Trinajstić information content (AvgIpc) is 3.03. The van der Waals surface area contributed by atoms with Crippen LogP contribution in [0.4, 0.5) is 18.9 Å². The molecule has 0 aliphatic carbocycles. The molecule has 1 aliphatic heterocycles. The van der Waals surface area contributed by atoms with Crippen LogP contribution in [0.3, 0.4) is 0 Å². The van der Waals surface area contributed by atoms with E-state index in [9.17, 15) is 22.8 Å². The second kappa shape index (κ2) is 6.13. The van der Waals surface area contributed by atoms with Gasteiger partial charge in [-0.2, -0.15) is 13.2 Å². The predicted molar refractivity (Wildman–Crippen MR) is 96.3 cm³/mol. The fourth-order valence-corrected chi connectivity index (χ4v) is 3.47. The molecule has 0 radical (unpaired) electrons. The Hall–Kier alpha value is -2.80. The van der Waals surface area contributed by atoms with Crippen molar-refractivity contribution in [2.45, 2.75) is 19.1 Å². The first kappa shape index (κ1) is 17.6. The minimum absolute atomic E-state index is 0.0518. The number of carbonyl (C=O) groups excluding carboxylic acids is 1. The smallest absolute Gasteiger partial charge is 0.346 e. The molecule has 0 fully saturated rings. The first-order valence-electron chi connectivity index (χ1n) is 8.09. The maximum Gasteiger partial charge on any atom is 0.416 e. The highest BCUT2D eigenvalue weighted by molar-refractivity contribution is 6.34. The number of benzene rings is 2. The van der Waals surface area contributed by atoms with Gasteiger partial charge in [0.05, 0.1) is 21.8 Å². The van der Waals surface area contributed by atoms with E-state index < -0.39 is 23.1 Å². The number of anilines is 1. The third-order valence-electron chi connectivity index (χ3n) is 4.59. The molecule has 3 aromatic rings. The van der Waals surface area contributed by atoms with Gasteiger partial charge < -0.3 is 9.88 Å². The van der Waals surface area contributed by atoms with Crippen molar-refractivity contribution in [3.63, 3.8) is 0 Å². The van der Waals surface area contributed by atoms with Gasteiger partial charge in [0, 0.05) is 18.1 Å². The summed E-state index contributed by atoms with van der Waals surface area (Å²) in [6.45, 7) is 0.626. The number of alkyl halides is 3. The van der Waals surface area contributed by atoms with Crippen LogP contribution < -0.4 is 10.7 Å². The van der Waals surface area contributed by atoms with Crippen molar-refractivity contribution < 1.29 is 18.0 Å². The Kier molecular flexibility index (Phi) is 3.99. The molecule has 2 aromatic carbocycles. The van der Waals surface area contributed by atoms with Crippen LogP contribution in [0.25, 0.3) is 10.9 Å². The number of rotatable bonds is 2. The molecule has 8 heteroatoms. The van der Waals surface area contributed by atoms with Crippen molar-refractivity contribution >= 4 is 34.1 Å². The van der Waals surface area contributed by atoms with Crippen molar-refractivity contribution in [1.29, 1.82) is 0 Å². The van der Waals surface area contributed by atoms with Crippen molar-refractivity contribution in [1.82, 2.24) is 4.57 Å². The highest BCUT2D eigenvalue weighted by Gasteiger charge is 2.31. The number of pyridine rings is 1. The molecule has 138 valence electrons. The monoisotopic (exact) mass is 392 g/mol. The minimum atomic E-state index is -4.57. The van der Waals surface area contributed by atoms with Crippen molar-refractivity contribution in [2.75, 3.05) is 5.32 Å². The number of aromatic nitrogens is 1. The maximum atomic E-state index is 12.9. The Morgan fingerprint density at radius 3 is 2.70 bits per heavy atom. The van der Waals surface area contributed by atoms with Gasteiger partial charge in [-0.05, 0) is 36.2 Å². The van der Waals surface area contributed by atoms with Crippen LogP contribution in [0.1, 0.15) is 21.5 Å². The van der Waals surface area contributed by atoms with Crippen LogP contribution in [0.15, 0.2) is 47.4 Å². The van der Waals surface area contributed by atoms with E-state index in [1.807, 2.05) is 10.6 Å². The van der Waals surface area contributed by atoms with E-state index in [0.29, 0.717) is 11.9 Å². The molecule has 2 heterocycles. The number of amides is 1. The molecule has 1 N–H and O–H groups in total. The van der Waals surface area contributed by atoms with Crippen molar-refractivity contribution in [2.24, 2.45) is 0 Å². The van der Waals surface area contributed by atoms with Crippen LogP contribution >= 0.6 is 11.6 Å². The largest absolute Gasteiger partial charge is 0.416 e. The molecule has 27 heavy (non-hydrogen) atoms. The highest BCUT2D eigenvalue weighted by Crippen LogP contribution is 2.34. The number of carbonyl (C=O) groups is 1. The lowest BCUT2D eigenvalue weighted by Gasteiger charge is -2.12. The lowest BCUT2D eigenvalue weighted by Crippen LogP contribution is -2.23. The van der Waals surface area contributed by atoms with Crippen LogP contribution in [-0.2, 0) is 19.1 Å². The summed E-state index contributed by atoms with van der Waals surface area (Å²) in [7, 11) is 0. The molecule has 0 spiro atoms. The Morgan fingerprint density at radius 1 is 1.19 bits per heavy atom. The number of nitrogens with one attached hydrogen (secondary N) is 1. The molecule has 1 aliphatic rings. The fourth-order valence-electron chi connectivity index (χ4n) is 3.31. The number of hydrogen-bond acceptors (Lipinski definition) is 2. The predicted octanol–water partition coefficient (Wildman–Crippen LogP) is 4.48. The summed E-state index contributed by atoms with van der Waals surface area (Å²) in [5.41, 5.74) is 0.0566. The zero-order chi connectivity index (χ0) is 19.3. The van der Waals surface area contributed by atoms with Crippen molar-refractivity contribution in [3.8, 4) is 0 Å². The van der Waals surface area contributed by atoms with Gasteiger partial charge in [0.15, 0.2) is 0 Å². The van der Waals surface area contributed by atoms with E-state index in [1.54, 1.807) is 12.1 Å². The summed E-state index contributed by atoms with van der Waals surface area (Å²) < 4.78 is 40.5. The summed E-state index contributed by atoms with van der Waals surface area (Å²) in [6, 6.07) is 7.94. The molecule has 4 nitrogen and oxygen atoms in total. The van der Waals surface area contributed by atoms with Crippen LogP contribution in [0.5, 0.6) is 0 Å². The minimum Gasteiger partial charge on any atom is -0.346 e. The Bertz CT molecular complexity index is 1150. The molecule has 1 aromatic heterocycles. The first-order chi connectivity index (χ1) is 12.8. The van der Waals surface area contributed by atoms with E-state index in [4.69, 9.17) is 11.6 Å². The van der Waals surface area contributed by atoms with Gasteiger partial charge in [0.25, 0.3) is 5.91 Å². The quantitative estimate of drug-likeness (QED) is 0.699. The van der Waals surface area contributed by atoms with Crippen molar-refractivity contribution in [3.05, 3.63) is 74.5 Å². The molecular weight excluding hydrogens is 381 g/mol. The molecule has 0 saturated carbocycles. The van der Waals surface area contributed by atoms with Crippen LogP contribution in [0, 0.1) is 0 Å². The van der Waals surface area contributed by atoms with E-state index >= 15 is 0 Å². The van der Waals surface area contributed by atoms with Gasteiger partial charge in [-0.25, -0.2) is 0 Å². The standard InChI is InChI=1S/C19H12ClF3N2O2/c20-14-5-4-11(19(21,22)23)8-15(14)24-18(27)13-9-25-7-6-10-2-1-3-12(16(10)25)17(13)26/h1-5,8-9H,6-7H2,(H,24,27). The second-order valence-electron chi connectivity index (χ2n) is 6.28. The van der Waals surface area contributed by atoms with Crippen LogP contribution in [0.2, 0.25) is 5.02 Å². The lowest BCUT2D eigenvalue weighted by atomic mass is 10.1. The van der Waals surface area contributed by atoms with E-state index in [-0.39, 0.29) is 16.3 Å². The Balaban J connectivity index is 1.76. The average molecular weight is 393 g/mol. The fraction of sp³-hybridized carbons (Fsp3) is 0.158. The first-order valence-corrected chi connectivity index (χ1v) is 8.46.